The van der Waals surface area contributed by atoms with Gasteiger partial charge >= 0.3 is 0 Å². The summed E-state index contributed by atoms with van der Waals surface area (Å²) in [4.78, 5) is 0. The quantitative estimate of drug-likeness (QED) is 0.634. The molecule has 0 fully saturated rings. The van der Waals surface area contributed by atoms with Gasteiger partial charge in [-0.15, -0.1) is 0 Å². The summed E-state index contributed by atoms with van der Waals surface area (Å²) in [6, 6.07) is 18.9. The third-order valence-corrected chi connectivity index (χ3v) is 4.79. The summed E-state index contributed by atoms with van der Waals surface area (Å²) >= 11 is 0. The van der Waals surface area contributed by atoms with Crippen molar-refractivity contribution in [2.45, 2.75) is 32.0 Å². The minimum Gasteiger partial charge on any atom is -0.394 e. The number of benzene rings is 3. The highest BCUT2D eigenvalue weighted by Gasteiger charge is 2.28. The second-order valence-electron chi connectivity index (χ2n) is 6.41. The molecule has 120 valence electrons. The van der Waals surface area contributed by atoms with Crippen LogP contribution in [0.25, 0.3) is 21.5 Å². The maximum Gasteiger partial charge on any atom is 0.0713 e. The lowest BCUT2D eigenvalue weighted by Gasteiger charge is -2.32. The Bertz CT molecular complexity index is 828. The number of nitrogens with one attached hydrogen (secondary N) is 1. The highest BCUT2D eigenvalue weighted by atomic mass is 16.3. The highest BCUT2D eigenvalue weighted by Crippen LogP contribution is 2.29. The van der Waals surface area contributed by atoms with Crippen LogP contribution in [0.3, 0.4) is 0 Å². The van der Waals surface area contributed by atoms with Crippen LogP contribution < -0.4 is 5.32 Å². The maximum atomic E-state index is 9.91. The molecule has 1 unspecified atom stereocenters. The summed E-state index contributed by atoms with van der Waals surface area (Å²) in [7, 11) is 0. The van der Waals surface area contributed by atoms with E-state index in [-0.39, 0.29) is 6.61 Å². The van der Waals surface area contributed by atoms with Crippen molar-refractivity contribution < 1.29 is 10.2 Å². The van der Waals surface area contributed by atoms with Crippen LogP contribution >= 0.6 is 0 Å². The van der Waals surface area contributed by atoms with E-state index < -0.39 is 11.6 Å². The minimum atomic E-state index is -0.716. The third kappa shape index (κ3) is 2.95. The van der Waals surface area contributed by atoms with Crippen molar-refractivity contribution in [2.24, 2.45) is 0 Å². The molecule has 3 N–H and O–H groups in total. The number of hydrogen-bond acceptors (Lipinski definition) is 3. The molecule has 0 aliphatic carbocycles. The summed E-state index contributed by atoms with van der Waals surface area (Å²) in [5, 5.41) is 27.7. The molecule has 0 heterocycles. The monoisotopic (exact) mass is 309 g/mol. The average molecular weight is 309 g/mol. The molecular formula is C20H23NO2. The Morgan fingerprint density at radius 3 is 2.26 bits per heavy atom. The first-order chi connectivity index (χ1) is 11.0. The first kappa shape index (κ1) is 15.9. The Morgan fingerprint density at radius 1 is 1.00 bits per heavy atom. The standard InChI is InChI=1S/C20H23NO2/c1-14(23)20(2,13-22)21-12-16-11-15-7-3-4-8-17(15)19-10-6-5-9-18(16)19/h3-11,14,21-23H,12-13H2,1-2H3/t14-,20?/m0/s1. The fourth-order valence-electron chi connectivity index (χ4n) is 2.91. The summed E-state index contributed by atoms with van der Waals surface area (Å²) < 4.78 is 0. The normalized spacial score (nSPS) is 15.7. The third-order valence-electron chi connectivity index (χ3n) is 4.79. The van der Waals surface area contributed by atoms with Gasteiger partial charge < -0.3 is 15.5 Å². The first-order valence-corrected chi connectivity index (χ1v) is 7.98. The van der Waals surface area contributed by atoms with Crippen LogP contribution in [-0.4, -0.2) is 28.5 Å². The lowest BCUT2D eigenvalue weighted by atomic mass is 9.94. The molecule has 0 aromatic heterocycles. The Labute approximate surface area is 136 Å². The molecule has 3 aromatic carbocycles. The van der Waals surface area contributed by atoms with Crippen molar-refractivity contribution in [1.82, 2.24) is 5.32 Å². The molecular weight excluding hydrogens is 286 g/mol. The molecule has 3 rings (SSSR count). The molecule has 3 nitrogen and oxygen atoms in total. The minimum absolute atomic E-state index is 0.115. The predicted molar refractivity (Wildman–Crippen MR) is 95.5 cm³/mol. The van der Waals surface area contributed by atoms with Crippen LogP contribution in [0.15, 0.2) is 54.6 Å². The van der Waals surface area contributed by atoms with Crippen molar-refractivity contribution in [3.05, 3.63) is 60.2 Å². The second-order valence-corrected chi connectivity index (χ2v) is 6.41. The summed E-state index contributed by atoms with van der Waals surface area (Å²) in [5.74, 6) is 0. The van der Waals surface area contributed by atoms with E-state index in [4.69, 9.17) is 0 Å². The van der Waals surface area contributed by atoms with Crippen LogP contribution in [-0.2, 0) is 6.54 Å². The number of aliphatic hydroxyl groups is 2. The van der Waals surface area contributed by atoms with Gasteiger partial charge in [0.2, 0.25) is 0 Å². The molecule has 0 amide bonds. The summed E-state index contributed by atoms with van der Waals surface area (Å²) in [6.45, 7) is 4.01. The van der Waals surface area contributed by atoms with Crippen molar-refractivity contribution >= 4 is 21.5 Å². The smallest absolute Gasteiger partial charge is 0.0713 e. The second kappa shape index (κ2) is 6.28. The van der Waals surface area contributed by atoms with E-state index in [1.165, 1.54) is 27.1 Å². The van der Waals surface area contributed by atoms with Crippen molar-refractivity contribution in [2.75, 3.05) is 6.61 Å². The Balaban J connectivity index is 2.06. The zero-order valence-electron chi connectivity index (χ0n) is 13.6. The van der Waals surface area contributed by atoms with E-state index in [0.717, 1.165) is 0 Å². The fraction of sp³-hybridized carbons (Fsp3) is 0.300. The lowest BCUT2D eigenvalue weighted by Crippen LogP contribution is -2.53. The fourth-order valence-corrected chi connectivity index (χ4v) is 2.91. The molecule has 0 bridgehead atoms. The van der Waals surface area contributed by atoms with E-state index in [2.05, 4.69) is 47.8 Å². The molecule has 0 spiro atoms. The molecule has 3 aromatic rings. The van der Waals surface area contributed by atoms with Gasteiger partial charge in [0, 0.05) is 6.54 Å². The van der Waals surface area contributed by atoms with Gasteiger partial charge in [-0.1, -0.05) is 48.5 Å². The van der Waals surface area contributed by atoms with Gasteiger partial charge in [0.05, 0.1) is 18.2 Å². The Kier molecular flexibility index (Phi) is 4.35. The molecule has 23 heavy (non-hydrogen) atoms. The van der Waals surface area contributed by atoms with Crippen LogP contribution in [0.5, 0.6) is 0 Å². The number of hydrogen-bond donors (Lipinski definition) is 3. The summed E-state index contributed by atoms with van der Waals surface area (Å²) in [6.07, 6.45) is -0.640. The van der Waals surface area contributed by atoms with Gasteiger partial charge in [-0.2, -0.15) is 0 Å². The number of rotatable bonds is 5. The predicted octanol–water partition coefficient (Wildman–Crippen LogP) is 3.21. The molecule has 2 atom stereocenters. The Morgan fingerprint density at radius 2 is 1.61 bits per heavy atom. The van der Waals surface area contributed by atoms with Gasteiger partial charge in [0.1, 0.15) is 0 Å². The summed E-state index contributed by atoms with van der Waals surface area (Å²) in [5.41, 5.74) is 0.451. The highest BCUT2D eigenvalue weighted by molar-refractivity contribution is 6.08. The van der Waals surface area contributed by atoms with Crippen LogP contribution in [0.2, 0.25) is 0 Å². The molecule has 3 heteroatoms. The molecule has 0 saturated heterocycles. The van der Waals surface area contributed by atoms with E-state index in [9.17, 15) is 10.2 Å². The topological polar surface area (TPSA) is 52.5 Å². The largest absolute Gasteiger partial charge is 0.394 e. The van der Waals surface area contributed by atoms with Gasteiger partial charge in [0.25, 0.3) is 0 Å². The maximum absolute atomic E-state index is 9.91. The zero-order chi connectivity index (χ0) is 16.4. The lowest BCUT2D eigenvalue weighted by molar-refractivity contribution is 0.0404. The van der Waals surface area contributed by atoms with E-state index >= 15 is 0 Å². The first-order valence-electron chi connectivity index (χ1n) is 7.98. The van der Waals surface area contributed by atoms with E-state index in [0.29, 0.717) is 6.54 Å². The SMILES string of the molecule is C[C@H](O)C(C)(CO)NCc1cc2ccccc2c2ccccc12. The molecule has 0 aliphatic rings. The number of aliphatic hydroxyl groups excluding tert-OH is 2. The van der Waals surface area contributed by atoms with Crippen LogP contribution in [0, 0.1) is 0 Å². The number of fused-ring (bicyclic) bond motifs is 3. The van der Waals surface area contributed by atoms with E-state index in [1.54, 1.807) is 6.92 Å². The van der Waals surface area contributed by atoms with E-state index in [1.807, 2.05) is 19.1 Å². The van der Waals surface area contributed by atoms with Gasteiger partial charge in [-0.3, -0.25) is 0 Å². The molecule has 0 aliphatic heterocycles. The Hall–Kier alpha value is -1.94. The average Bonchev–Trinajstić information content (AvgIpc) is 2.59. The molecule has 0 saturated carbocycles. The van der Waals surface area contributed by atoms with Gasteiger partial charge in [-0.25, -0.2) is 0 Å². The van der Waals surface area contributed by atoms with Crippen molar-refractivity contribution in [3.8, 4) is 0 Å². The van der Waals surface area contributed by atoms with Crippen LogP contribution in [0.1, 0.15) is 19.4 Å². The van der Waals surface area contributed by atoms with Gasteiger partial charge in [-0.05, 0) is 47.0 Å². The van der Waals surface area contributed by atoms with Crippen molar-refractivity contribution in [1.29, 1.82) is 0 Å². The zero-order valence-corrected chi connectivity index (χ0v) is 13.6. The van der Waals surface area contributed by atoms with Crippen LogP contribution in [0.4, 0.5) is 0 Å². The van der Waals surface area contributed by atoms with Crippen molar-refractivity contribution in [3.63, 3.8) is 0 Å². The van der Waals surface area contributed by atoms with Gasteiger partial charge in [0.15, 0.2) is 0 Å². The molecule has 0 radical (unpaired) electrons.